The lowest BCUT2D eigenvalue weighted by Gasteiger charge is -2.56. The monoisotopic (exact) mass is 326 g/mol. The number of hydrogen-bond acceptors (Lipinski definition) is 3. The molecule has 0 heterocycles. The highest BCUT2D eigenvalue weighted by atomic mass is 16.5. The molecule has 0 aliphatic heterocycles. The van der Waals surface area contributed by atoms with Gasteiger partial charge in [0.1, 0.15) is 5.75 Å². The molecule has 128 valence electrons. The number of hydrazone groups is 1. The largest absolute Gasteiger partial charge is 0.497 e. The summed E-state index contributed by atoms with van der Waals surface area (Å²) >= 11 is 0. The first-order valence-electron chi connectivity index (χ1n) is 9.10. The van der Waals surface area contributed by atoms with Crippen LogP contribution in [0.1, 0.15) is 50.5 Å². The number of carbonyl (C=O) groups excluding carboxylic acids is 1. The fraction of sp³-hybridized carbons (Fsp3) is 0.600. The average Bonchev–Trinajstić information content (AvgIpc) is 2.53. The van der Waals surface area contributed by atoms with Gasteiger partial charge in [-0.2, -0.15) is 5.10 Å². The van der Waals surface area contributed by atoms with Crippen LogP contribution >= 0.6 is 0 Å². The molecule has 5 rings (SSSR count). The van der Waals surface area contributed by atoms with Crippen LogP contribution in [-0.4, -0.2) is 19.2 Å². The van der Waals surface area contributed by atoms with E-state index in [1.165, 1.54) is 38.5 Å². The van der Waals surface area contributed by atoms with Crippen LogP contribution in [0.15, 0.2) is 29.4 Å². The Morgan fingerprint density at radius 3 is 2.29 bits per heavy atom. The Morgan fingerprint density at radius 1 is 1.17 bits per heavy atom. The predicted molar refractivity (Wildman–Crippen MR) is 94.0 cm³/mol. The minimum atomic E-state index is 0.0710. The lowest BCUT2D eigenvalue weighted by atomic mass is 9.49. The van der Waals surface area contributed by atoms with E-state index in [2.05, 4.69) is 10.5 Å². The summed E-state index contributed by atoms with van der Waals surface area (Å²) in [5, 5.41) is 4.13. The first-order chi connectivity index (χ1) is 11.6. The van der Waals surface area contributed by atoms with E-state index in [0.29, 0.717) is 6.42 Å². The van der Waals surface area contributed by atoms with E-state index < -0.39 is 0 Å². The molecule has 4 aliphatic carbocycles. The lowest BCUT2D eigenvalue weighted by molar-refractivity contribution is -0.129. The van der Waals surface area contributed by atoms with Crippen molar-refractivity contribution in [1.82, 2.24) is 5.43 Å². The normalized spacial score (nSPS) is 33.8. The summed E-state index contributed by atoms with van der Waals surface area (Å²) in [6, 6.07) is 7.62. The van der Waals surface area contributed by atoms with Crippen molar-refractivity contribution < 1.29 is 9.53 Å². The smallest absolute Gasteiger partial charge is 0.240 e. The van der Waals surface area contributed by atoms with Gasteiger partial charge < -0.3 is 4.74 Å². The van der Waals surface area contributed by atoms with Crippen molar-refractivity contribution in [3.05, 3.63) is 29.8 Å². The zero-order chi connectivity index (χ0) is 16.6. The molecule has 4 heteroatoms. The number of nitrogens with zero attached hydrogens (tertiary/aromatic N) is 1. The van der Waals surface area contributed by atoms with E-state index in [1.807, 2.05) is 24.3 Å². The van der Waals surface area contributed by atoms with Gasteiger partial charge in [-0.05, 0) is 91.5 Å². The van der Waals surface area contributed by atoms with Crippen molar-refractivity contribution in [3.63, 3.8) is 0 Å². The third-order valence-corrected chi connectivity index (χ3v) is 6.22. The van der Waals surface area contributed by atoms with Gasteiger partial charge in [-0.25, -0.2) is 5.43 Å². The molecule has 1 aromatic carbocycles. The van der Waals surface area contributed by atoms with Gasteiger partial charge in [0.15, 0.2) is 0 Å². The quantitative estimate of drug-likeness (QED) is 0.662. The van der Waals surface area contributed by atoms with Gasteiger partial charge in [0.25, 0.3) is 0 Å². The average molecular weight is 326 g/mol. The molecule has 0 saturated heterocycles. The summed E-state index contributed by atoms with van der Waals surface area (Å²) in [6.07, 6.45) is 10.4. The molecule has 1 aromatic rings. The second kappa shape index (κ2) is 6.23. The number of nitrogens with one attached hydrogen (secondary N) is 1. The minimum Gasteiger partial charge on any atom is -0.497 e. The Morgan fingerprint density at radius 2 is 1.75 bits per heavy atom. The molecule has 4 fully saturated rings. The van der Waals surface area contributed by atoms with Crippen molar-refractivity contribution in [2.24, 2.45) is 28.3 Å². The predicted octanol–water partition coefficient (Wildman–Crippen LogP) is 3.75. The van der Waals surface area contributed by atoms with Crippen LogP contribution in [0.2, 0.25) is 0 Å². The van der Waals surface area contributed by atoms with Gasteiger partial charge >= 0.3 is 0 Å². The number of hydrogen-bond donors (Lipinski definition) is 1. The summed E-state index contributed by atoms with van der Waals surface area (Å²) in [4.78, 5) is 12.4. The van der Waals surface area contributed by atoms with Crippen LogP contribution < -0.4 is 10.2 Å². The second-order valence-corrected chi connectivity index (χ2v) is 8.16. The first-order valence-corrected chi connectivity index (χ1v) is 9.10. The maximum Gasteiger partial charge on any atom is 0.240 e. The third-order valence-electron chi connectivity index (χ3n) is 6.22. The number of carbonyl (C=O) groups is 1. The molecule has 4 saturated carbocycles. The highest BCUT2D eigenvalue weighted by molar-refractivity contribution is 5.82. The van der Waals surface area contributed by atoms with Crippen molar-refractivity contribution in [1.29, 1.82) is 0 Å². The SMILES string of the molecule is COc1ccc(C=NNC(=O)CC23CC4CC(CC(C4)C2)C3)cc1. The lowest BCUT2D eigenvalue weighted by Crippen LogP contribution is -2.47. The molecule has 0 radical (unpaired) electrons. The summed E-state index contributed by atoms with van der Waals surface area (Å²) in [5.41, 5.74) is 3.96. The number of ether oxygens (including phenoxy) is 1. The van der Waals surface area contributed by atoms with E-state index in [4.69, 9.17) is 4.74 Å². The highest BCUT2D eigenvalue weighted by Crippen LogP contribution is 2.61. The second-order valence-electron chi connectivity index (χ2n) is 8.16. The number of methoxy groups -OCH3 is 1. The van der Waals surface area contributed by atoms with Gasteiger partial charge in [-0.1, -0.05) is 0 Å². The molecule has 4 nitrogen and oxygen atoms in total. The van der Waals surface area contributed by atoms with E-state index in [9.17, 15) is 4.79 Å². The fourth-order valence-corrected chi connectivity index (χ4v) is 5.76. The van der Waals surface area contributed by atoms with E-state index >= 15 is 0 Å². The summed E-state index contributed by atoms with van der Waals surface area (Å²) in [6.45, 7) is 0. The van der Waals surface area contributed by atoms with Crippen LogP contribution in [0.5, 0.6) is 5.75 Å². The molecule has 0 spiro atoms. The maximum absolute atomic E-state index is 12.4. The summed E-state index contributed by atoms with van der Waals surface area (Å²) in [7, 11) is 1.65. The molecule has 1 N–H and O–H groups in total. The van der Waals surface area contributed by atoms with Gasteiger partial charge in [-0.15, -0.1) is 0 Å². The maximum atomic E-state index is 12.4. The van der Waals surface area contributed by atoms with Gasteiger partial charge in [-0.3, -0.25) is 4.79 Å². The first kappa shape index (κ1) is 15.7. The van der Waals surface area contributed by atoms with Crippen molar-refractivity contribution in [2.45, 2.75) is 44.9 Å². The van der Waals surface area contributed by atoms with Crippen LogP contribution in [0.3, 0.4) is 0 Å². The van der Waals surface area contributed by atoms with Crippen molar-refractivity contribution in [3.8, 4) is 5.75 Å². The van der Waals surface area contributed by atoms with E-state index in [-0.39, 0.29) is 11.3 Å². The molecule has 4 bridgehead atoms. The Kier molecular flexibility index (Phi) is 4.07. The van der Waals surface area contributed by atoms with Crippen LogP contribution in [-0.2, 0) is 4.79 Å². The molecule has 1 amide bonds. The summed E-state index contributed by atoms with van der Waals surface area (Å²) in [5.74, 6) is 3.53. The zero-order valence-electron chi connectivity index (χ0n) is 14.3. The Labute approximate surface area is 143 Å². The molecule has 24 heavy (non-hydrogen) atoms. The fourth-order valence-electron chi connectivity index (χ4n) is 5.76. The Bertz CT molecular complexity index is 600. The van der Waals surface area contributed by atoms with Crippen molar-refractivity contribution in [2.75, 3.05) is 7.11 Å². The molecular weight excluding hydrogens is 300 g/mol. The molecular formula is C20H26N2O2. The Balaban J connectivity index is 1.32. The van der Waals surface area contributed by atoms with Crippen LogP contribution in [0.25, 0.3) is 0 Å². The summed E-state index contributed by atoms with van der Waals surface area (Å²) < 4.78 is 5.13. The van der Waals surface area contributed by atoms with Crippen molar-refractivity contribution >= 4 is 12.1 Å². The highest BCUT2D eigenvalue weighted by Gasteiger charge is 2.51. The van der Waals surface area contributed by atoms with Crippen LogP contribution in [0, 0.1) is 23.2 Å². The molecule has 0 aromatic heterocycles. The van der Waals surface area contributed by atoms with Gasteiger partial charge in [0, 0.05) is 6.42 Å². The molecule has 4 aliphatic rings. The van der Waals surface area contributed by atoms with E-state index in [1.54, 1.807) is 13.3 Å². The topological polar surface area (TPSA) is 50.7 Å². The van der Waals surface area contributed by atoms with Gasteiger partial charge in [0.05, 0.1) is 13.3 Å². The number of amides is 1. The number of rotatable bonds is 5. The third kappa shape index (κ3) is 3.19. The van der Waals surface area contributed by atoms with Crippen LogP contribution in [0.4, 0.5) is 0 Å². The van der Waals surface area contributed by atoms with E-state index in [0.717, 1.165) is 29.1 Å². The zero-order valence-corrected chi connectivity index (χ0v) is 14.3. The standard InChI is InChI=1S/C20H26N2O2/c1-24-18-4-2-14(3-5-18)13-21-22-19(23)12-20-9-15-6-16(10-20)8-17(7-15)11-20/h2-5,13,15-17H,6-12H2,1H3,(H,22,23). The molecule has 0 unspecified atom stereocenters. The molecule has 0 atom stereocenters. The Hall–Kier alpha value is -1.84. The minimum absolute atomic E-state index is 0.0710. The number of benzene rings is 1. The van der Waals surface area contributed by atoms with Gasteiger partial charge in [0.2, 0.25) is 5.91 Å².